The van der Waals surface area contributed by atoms with E-state index in [1.54, 1.807) is 19.2 Å². The number of carbonyl (C=O) groups is 1. The molecule has 30 heavy (non-hydrogen) atoms. The van der Waals surface area contributed by atoms with Crippen LogP contribution in [0, 0.1) is 32.6 Å². The van der Waals surface area contributed by atoms with E-state index in [4.69, 9.17) is 10.2 Å². The Bertz CT molecular complexity index is 1350. The first-order valence-electron chi connectivity index (χ1n) is 8.88. The molecule has 0 aliphatic heterocycles. The van der Waals surface area contributed by atoms with Gasteiger partial charge >= 0.3 is 6.01 Å². The summed E-state index contributed by atoms with van der Waals surface area (Å²) in [4.78, 5) is 29.6. The molecular weight excluding hydrogens is 384 g/mol. The van der Waals surface area contributed by atoms with Crippen molar-refractivity contribution in [2.45, 2.75) is 20.8 Å². The fourth-order valence-corrected chi connectivity index (χ4v) is 2.62. The number of carbonyl (C=O) groups excluding carboxylic acids is 1. The Hall–Kier alpha value is -4.39. The number of nitrogens with two attached hydrogens (primary N) is 1. The number of amides is 1. The van der Waals surface area contributed by atoms with Crippen LogP contribution in [0.4, 0.5) is 11.8 Å². The Morgan fingerprint density at radius 1 is 1.07 bits per heavy atom. The number of nitrogens with one attached hydrogen (secondary N) is 1. The topological polar surface area (TPSA) is 146 Å². The van der Waals surface area contributed by atoms with Crippen molar-refractivity contribution in [1.82, 2.24) is 30.1 Å². The van der Waals surface area contributed by atoms with Gasteiger partial charge in [0.2, 0.25) is 5.89 Å². The summed E-state index contributed by atoms with van der Waals surface area (Å²) in [6.07, 6.45) is 4.52. The van der Waals surface area contributed by atoms with Crippen LogP contribution in [0.1, 0.15) is 38.8 Å². The summed E-state index contributed by atoms with van der Waals surface area (Å²) < 4.78 is 5.15. The highest BCUT2D eigenvalue weighted by molar-refractivity contribution is 6.03. The molecule has 10 heteroatoms. The first kappa shape index (κ1) is 18.9. The zero-order valence-electron chi connectivity index (χ0n) is 16.4. The van der Waals surface area contributed by atoms with E-state index in [1.807, 2.05) is 13.8 Å². The normalized spacial score (nSPS) is 10.5. The van der Waals surface area contributed by atoms with Crippen molar-refractivity contribution in [3.05, 3.63) is 58.6 Å². The molecule has 0 saturated carbocycles. The van der Waals surface area contributed by atoms with Crippen LogP contribution >= 0.6 is 0 Å². The van der Waals surface area contributed by atoms with Crippen molar-refractivity contribution in [3.63, 3.8) is 0 Å². The number of fused-ring (bicyclic) bond motifs is 1. The zero-order valence-corrected chi connectivity index (χ0v) is 16.4. The Morgan fingerprint density at radius 2 is 1.87 bits per heavy atom. The fourth-order valence-electron chi connectivity index (χ4n) is 2.62. The van der Waals surface area contributed by atoms with E-state index in [2.05, 4.69) is 47.3 Å². The standard InChI is InChI=1S/C20H16N8O2/c1-10-11(2)25-17-15(18(21)23-9-16(17)24-10)5-4-13-6-14(8-22-7-13)19(29)26-20-28-27-12(3)30-20/h6-9H,1-3H3,(H2,21,23)(H,26,28,29). The van der Waals surface area contributed by atoms with Crippen LogP contribution in [-0.2, 0) is 0 Å². The van der Waals surface area contributed by atoms with E-state index in [0.29, 0.717) is 28.1 Å². The molecule has 4 rings (SSSR count). The minimum absolute atomic E-state index is 0.00725. The molecule has 0 radical (unpaired) electrons. The van der Waals surface area contributed by atoms with E-state index in [1.165, 1.54) is 12.4 Å². The number of nitrogens with zero attached hydrogens (tertiary/aromatic N) is 6. The molecule has 0 aromatic carbocycles. The van der Waals surface area contributed by atoms with Gasteiger partial charge in [0.1, 0.15) is 16.9 Å². The summed E-state index contributed by atoms with van der Waals surface area (Å²) in [5.74, 6) is 6.10. The summed E-state index contributed by atoms with van der Waals surface area (Å²) in [5.41, 5.74) is 10.1. The van der Waals surface area contributed by atoms with Crippen LogP contribution < -0.4 is 11.1 Å². The third kappa shape index (κ3) is 3.77. The van der Waals surface area contributed by atoms with Gasteiger partial charge in [-0.15, -0.1) is 5.10 Å². The van der Waals surface area contributed by atoms with E-state index in [0.717, 1.165) is 11.4 Å². The number of pyridine rings is 2. The third-order valence-corrected chi connectivity index (χ3v) is 4.23. The molecular formula is C20H16N8O2. The summed E-state index contributed by atoms with van der Waals surface area (Å²) in [6.45, 7) is 5.37. The Kier molecular flexibility index (Phi) is 4.77. The van der Waals surface area contributed by atoms with Crippen LogP contribution in [0.25, 0.3) is 11.0 Å². The van der Waals surface area contributed by atoms with Gasteiger partial charge in [0.25, 0.3) is 5.91 Å². The van der Waals surface area contributed by atoms with Gasteiger partial charge in [0, 0.05) is 24.9 Å². The molecule has 4 aromatic heterocycles. The smallest absolute Gasteiger partial charge is 0.322 e. The lowest BCUT2D eigenvalue weighted by Gasteiger charge is -2.05. The predicted molar refractivity (Wildman–Crippen MR) is 108 cm³/mol. The van der Waals surface area contributed by atoms with Gasteiger partial charge in [0.05, 0.1) is 28.7 Å². The lowest BCUT2D eigenvalue weighted by molar-refractivity contribution is 0.102. The van der Waals surface area contributed by atoms with Crippen molar-refractivity contribution >= 4 is 28.8 Å². The average Bonchev–Trinajstić information content (AvgIpc) is 3.13. The van der Waals surface area contributed by atoms with Crippen LogP contribution in [0.2, 0.25) is 0 Å². The van der Waals surface area contributed by atoms with E-state index >= 15 is 0 Å². The molecule has 0 atom stereocenters. The van der Waals surface area contributed by atoms with Crippen molar-refractivity contribution in [1.29, 1.82) is 0 Å². The Morgan fingerprint density at radius 3 is 2.63 bits per heavy atom. The maximum absolute atomic E-state index is 12.4. The summed E-state index contributed by atoms with van der Waals surface area (Å²) in [6, 6.07) is 1.60. The fraction of sp³-hybridized carbons (Fsp3) is 0.150. The van der Waals surface area contributed by atoms with Crippen LogP contribution in [0.15, 0.2) is 29.1 Å². The van der Waals surface area contributed by atoms with Crippen molar-refractivity contribution in [2.75, 3.05) is 11.1 Å². The minimum atomic E-state index is -0.446. The second-order valence-corrected chi connectivity index (χ2v) is 6.44. The molecule has 4 aromatic rings. The van der Waals surface area contributed by atoms with Crippen molar-refractivity contribution in [2.24, 2.45) is 0 Å². The van der Waals surface area contributed by atoms with Crippen LogP contribution in [0.5, 0.6) is 0 Å². The maximum atomic E-state index is 12.4. The Labute approximate surface area is 171 Å². The van der Waals surface area contributed by atoms with Gasteiger partial charge in [-0.2, -0.15) is 0 Å². The van der Waals surface area contributed by atoms with Gasteiger partial charge in [-0.25, -0.2) is 15.0 Å². The molecule has 148 valence electrons. The molecule has 0 aliphatic carbocycles. The van der Waals surface area contributed by atoms with Gasteiger partial charge in [0.15, 0.2) is 0 Å². The second kappa shape index (κ2) is 7.56. The summed E-state index contributed by atoms with van der Waals surface area (Å²) >= 11 is 0. The van der Waals surface area contributed by atoms with Crippen molar-refractivity contribution in [3.8, 4) is 11.8 Å². The van der Waals surface area contributed by atoms with Gasteiger partial charge in [-0.1, -0.05) is 16.9 Å². The average molecular weight is 400 g/mol. The summed E-state index contributed by atoms with van der Waals surface area (Å²) in [7, 11) is 0. The zero-order chi connectivity index (χ0) is 21.3. The van der Waals surface area contributed by atoms with Gasteiger partial charge < -0.3 is 10.2 Å². The number of hydrogen-bond donors (Lipinski definition) is 2. The highest BCUT2D eigenvalue weighted by Crippen LogP contribution is 2.19. The van der Waals surface area contributed by atoms with Crippen LogP contribution in [0.3, 0.4) is 0 Å². The third-order valence-electron chi connectivity index (χ3n) is 4.23. The minimum Gasteiger partial charge on any atom is -0.408 e. The first-order chi connectivity index (χ1) is 14.4. The largest absolute Gasteiger partial charge is 0.408 e. The lowest BCUT2D eigenvalue weighted by atomic mass is 10.1. The lowest BCUT2D eigenvalue weighted by Crippen LogP contribution is -2.12. The number of anilines is 2. The molecule has 0 aliphatic rings. The molecule has 3 N–H and O–H groups in total. The highest BCUT2D eigenvalue weighted by Gasteiger charge is 2.12. The molecule has 0 spiro atoms. The second-order valence-electron chi connectivity index (χ2n) is 6.44. The molecule has 1 amide bonds. The van der Waals surface area contributed by atoms with E-state index in [9.17, 15) is 4.79 Å². The van der Waals surface area contributed by atoms with Crippen molar-refractivity contribution < 1.29 is 9.21 Å². The number of rotatable bonds is 2. The number of aromatic nitrogens is 6. The maximum Gasteiger partial charge on any atom is 0.322 e. The van der Waals surface area contributed by atoms with E-state index < -0.39 is 5.91 Å². The van der Waals surface area contributed by atoms with Crippen LogP contribution in [-0.4, -0.2) is 36.0 Å². The SMILES string of the molecule is Cc1nnc(NC(=O)c2cncc(C#Cc3c(N)ncc4nc(C)c(C)nc34)c2)o1. The molecule has 10 nitrogen and oxygen atoms in total. The highest BCUT2D eigenvalue weighted by atomic mass is 16.4. The molecule has 0 saturated heterocycles. The number of aryl methyl sites for hydroxylation is 3. The molecule has 0 fully saturated rings. The van der Waals surface area contributed by atoms with Gasteiger partial charge in [-0.3, -0.25) is 15.1 Å². The predicted octanol–water partition coefficient (Wildman–Crippen LogP) is 1.96. The monoisotopic (exact) mass is 400 g/mol. The number of hydrogen-bond acceptors (Lipinski definition) is 9. The molecule has 0 bridgehead atoms. The molecule has 0 unspecified atom stereocenters. The Balaban J connectivity index is 1.67. The van der Waals surface area contributed by atoms with Gasteiger partial charge in [-0.05, 0) is 19.9 Å². The first-order valence-corrected chi connectivity index (χ1v) is 8.88. The summed E-state index contributed by atoms with van der Waals surface area (Å²) in [5, 5.41) is 9.90. The van der Waals surface area contributed by atoms with E-state index in [-0.39, 0.29) is 17.4 Å². The quantitative estimate of drug-likeness (QED) is 0.482. The number of nitrogen functional groups attached to an aromatic ring is 1. The molecule has 4 heterocycles.